The second-order valence-corrected chi connectivity index (χ2v) is 12.5. The first-order chi connectivity index (χ1) is 19.9. The number of unbranched alkanes of at least 4 members (excludes halogenated alkanes) is 4. The maximum Gasteiger partial charge on any atom is 0.338 e. The van der Waals surface area contributed by atoms with Crippen molar-refractivity contribution < 1.29 is 19.1 Å². The fourth-order valence-electron chi connectivity index (χ4n) is 5.95. The van der Waals surface area contributed by atoms with Crippen LogP contribution in [0.3, 0.4) is 0 Å². The first kappa shape index (κ1) is 32.6. The Bertz CT molecular complexity index is 1280. The van der Waals surface area contributed by atoms with Crippen molar-refractivity contribution >= 4 is 29.7 Å². The first-order valence-corrected chi connectivity index (χ1v) is 14.8. The molecule has 1 aromatic carbocycles. The average molecular weight is 583 g/mol. The van der Waals surface area contributed by atoms with Gasteiger partial charge in [0.25, 0.3) is 5.56 Å². The molecule has 1 aliphatic rings. The molecule has 2 atom stereocenters. The van der Waals surface area contributed by atoms with Crippen LogP contribution in [0.4, 0.5) is 21.2 Å². The summed E-state index contributed by atoms with van der Waals surface area (Å²) in [7, 11) is 0. The van der Waals surface area contributed by atoms with Crippen LogP contribution in [0, 0.1) is 17.8 Å². The van der Waals surface area contributed by atoms with E-state index in [2.05, 4.69) is 58.9 Å². The van der Waals surface area contributed by atoms with Gasteiger partial charge in [-0.2, -0.15) is 4.98 Å². The topological polar surface area (TPSA) is 154 Å². The van der Waals surface area contributed by atoms with Crippen LogP contribution in [0.25, 0.3) is 0 Å². The normalized spacial score (nSPS) is 19.4. The Labute approximate surface area is 248 Å². The Hall–Kier alpha value is -3.89. The Morgan fingerprint density at radius 2 is 1.71 bits per heavy atom. The molecule has 0 saturated heterocycles. The summed E-state index contributed by atoms with van der Waals surface area (Å²) in [5.74, 6) is -0.276. The lowest BCUT2D eigenvalue weighted by Gasteiger charge is -2.46. The molecule has 0 bridgehead atoms. The summed E-state index contributed by atoms with van der Waals surface area (Å²) >= 11 is 0. The predicted octanol–water partition coefficient (Wildman–Crippen LogP) is 5.73. The highest BCUT2D eigenvalue weighted by molar-refractivity contribution is 5.92. The van der Waals surface area contributed by atoms with E-state index in [-0.39, 0.29) is 34.8 Å². The van der Waals surface area contributed by atoms with Crippen molar-refractivity contribution in [1.29, 1.82) is 0 Å². The number of aromatic nitrogens is 2. The second-order valence-electron chi connectivity index (χ2n) is 12.5. The number of hydrogen-bond acceptors (Lipinski definition) is 6. The van der Waals surface area contributed by atoms with Crippen LogP contribution in [0.15, 0.2) is 35.1 Å². The molecule has 2 aromatic rings. The van der Waals surface area contributed by atoms with Crippen molar-refractivity contribution in [1.82, 2.24) is 20.6 Å². The lowest BCUT2D eigenvalue weighted by molar-refractivity contribution is 0.0497. The van der Waals surface area contributed by atoms with Crippen molar-refractivity contribution in [3.8, 4) is 0 Å². The zero-order chi connectivity index (χ0) is 30.8. The lowest BCUT2D eigenvalue weighted by atomic mass is 9.62. The van der Waals surface area contributed by atoms with Gasteiger partial charge in [-0.3, -0.25) is 10.1 Å². The monoisotopic (exact) mass is 582 g/mol. The Morgan fingerprint density at radius 1 is 1.00 bits per heavy atom. The quantitative estimate of drug-likeness (QED) is 0.159. The third kappa shape index (κ3) is 10.8. The van der Waals surface area contributed by atoms with E-state index in [9.17, 15) is 19.2 Å². The zero-order valence-electron chi connectivity index (χ0n) is 25.5. The van der Waals surface area contributed by atoms with Gasteiger partial charge in [0, 0.05) is 30.0 Å². The number of rotatable bonds is 12. The molecule has 1 aromatic heterocycles. The molecular weight excluding hydrogens is 536 g/mol. The van der Waals surface area contributed by atoms with Gasteiger partial charge in [0.2, 0.25) is 5.95 Å². The number of benzene rings is 1. The SMILES string of the molecule is CCCCCCCOC(=O)c1ccc(NC(=O)NC2CC(C)(C)CC(C)(CNC(=O)Nc3nc(=O)cc(C)[nH]3)C2)cc1. The Balaban J connectivity index is 1.48. The van der Waals surface area contributed by atoms with Crippen LogP contribution >= 0.6 is 0 Å². The van der Waals surface area contributed by atoms with E-state index in [0.717, 1.165) is 32.1 Å². The lowest BCUT2D eigenvalue weighted by Crippen LogP contribution is -2.51. The van der Waals surface area contributed by atoms with Gasteiger partial charge < -0.3 is 25.7 Å². The molecule has 2 unspecified atom stereocenters. The van der Waals surface area contributed by atoms with Crippen LogP contribution in [0.5, 0.6) is 0 Å². The molecule has 11 heteroatoms. The van der Waals surface area contributed by atoms with Gasteiger partial charge >= 0.3 is 18.0 Å². The predicted molar refractivity (Wildman–Crippen MR) is 164 cm³/mol. The number of aryl methyl sites for hydroxylation is 1. The van der Waals surface area contributed by atoms with Crippen molar-refractivity contribution in [3.05, 3.63) is 51.9 Å². The van der Waals surface area contributed by atoms with Crippen molar-refractivity contribution in [2.24, 2.45) is 10.8 Å². The minimum atomic E-state index is -0.463. The molecule has 230 valence electrons. The molecule has 0 radical (unpaired) electrons. The molecule has 1 fully saturated rings. The molecule has 42 heavy (non-hydrogen) atoms. The van der Waals surface area contributed by atoms with Gasteiger partial charge in [-0.1, -0.05) is 53.4 Å². The standard InChI is InChI=1S/C31H46N6O5/c1-6-7-8-9-10-15-42-26(39)22-11-13-23(14-12-22)34-29(41)35-24-17-30(3,4)19-31(5,18-24)20-32-28(40)37-27-33-21(2)16-25(38)36-27/h11-14,16,24H,6-10,15,17-20H2,1-5H3,(H2,34,35,41)(H3,32,33,36,37,38,40). The summed E-state index contributed by atoms with van der Waals surface area (Å²) in [6, 6.07) is 7.11. The summed E-state index contributed by atoms with van der Waals surface area (Å²) in [5.41, 5.74) is 0.840. The van der Waals surface area contributed by atoms with Crippen LogP contribution in [0.2, 0.25) is 0 Å². The molecular formula is C31H46N6O5. The number of aromatic amines is 1. The number of carbonyl (C=O) groups is 3. The maximum absolute atomic E-state index is 12.9. The van der Waals surface area contributed by atoms with E-state index in [1.165, 1.54) is 18.9 Å². The summed E-state index contributed by atoms with van der Waals surface area (Å²) in [4.78, 5) is 55.9. The number of ether oxygens (including phenoxy) is 1. The van der Waals surface area contributed by atoms with Gasteiger partial charge in [0.15, 0.2) is 0 Å². The minimum Gasteiger partial charge on any atom is -0.462 e. The van der Waals surface area contributed by atoms with Gasteiger partial charge in [-0.05, 0) is 67.7 Å². The van der Waals surface area contributed by atoms with E-state index in [4.69, 9.17) is 4.74 Å². The highest BCUT2D eigenvalue weighted by Gasteiger charge is 2.42. The van der Waals surface area contributed by atoms with E-state index in [0.29, 0.717) is 36.5 Å². The molecule has 0 aliphatic heterocycles. The second kappa shape index (κ2) is 14.8. The van der Waals surface area contributed by atoms with Crippen LogP contribution < -0.4 is 26.8 Å². The summed E-state index contributed by atoms with van der Waals surface area (Å²) in [5, 5.41) is 11.4. The van der Waals surface area contributed by atoms with E-state index in [1.807, 2.05) is 0 Å². The molecule has 1 aliphatic carbocycles. The highest BCUT2D eigenvalue weighted by Crippen LogP contribution is 2.45. The van der Waals surface area contributed by atoms with Crippen molar-refractivity contribution in [3.63, 3.8) is 0 Å². The molecule has 1 heterocycles. The minimum absolute atomic E-state index is 0.0650. The highest BCUT2D eigenvalue weighted by atomic mass is 16.5. The van der Waals surface area contributed by atoms with Gasteiger partial charge in [0.1, 0.15) is 0 Å². The fourth-order valence-corrected chi connectivity index (χ4v) is 5.95. The number of anilines is 2. The fraction of sp³-hybridized carbons (Fsp3) is 0.581. The summed E-state index contributed by atoms with van der Waals surface area (Å²) in [6.07, 6.45) is 7.76. The number of nitrogens with one attached hydrogen (secondary N) is 5. The Morgan fingerprint density at radius 3 is 2.40 bits per heavy atom. The van der Waals surface area contributed by atoms with Gasteiger partial charge in [-0.25, -0.2) is 14.4 Å². The maximum atomic E-state index is 12.9. The van der Waals surface area contributed by atoms with Gasteiger partial charge in [0.05, 0.1) is 12.2 Å². The third-order valence-electron chi connectivity index (χ3n) is 7.42. The van der Waals surface area contributed by atoms with Crippen LogP contribution in [-0.2, 0) is 4.74 Å². The third-order valence-corrected chi connectivity index (χ3v) is 7.42. The Kier molecular flexibility index (Phi) is 11.5. The average Bonchev–Trinajstić information content (AvgIpc) is 2.88. The smallest absolute Gasteiger partial charge is 0.338 e. The van der Waals surface area contributed by atoms with Crippen LogP contribution in [-0.4, -0.2) is 47.2 Å². The van der Waals surface area contributed by atoms with Crippen LogP contribution in [0.1, 0.15) is 95.1 Å². The number of urea groups is 2. The largest absolute Gasteiger partial charge is 0.462 e. The van der Waals surface area contributed by atoms with Gasteiger partial charge in [-0.15, -0.1) is 0 Å². The molecule has 3 rings (SSSR count). The summed E-state index contributed by atoms with van der Waals surface area (Å²) < 4.78 is 5.36. The number of nitrogens with zero attached hydrogens (tertiary/aromatic N) is 1. The van der Waals surface area contributed by atoms with E-state index < -0.39 is 11.6 Å². The van der Waals surface area contributed by atoms with E-state index >= 15 is 0 Å². The summed E-state index contributed by atoms with van der Waals surface area (Å²) in [6.45, 7) is 11.1. The number of amides is 4. The molecule has 0 spiro atoms. The zero-order valence-corrected chi connectivity index (χ0v) is 25.5. The number of H-pyrrole nitrogens is 1. The molecule has 4 amide bonds. The molecule has 5 N–H and O–H groups in total. The van der Waals surface area contributed by atoms with Crippen molar-refractivity contribution in [2.75, 3.05) is 23.8 Å². The number of carbonyl (C=O) groups excluding carboxylic acids is 3. The first-order valence-electron chi connectivity index (χ1n) is 14.8. The molecule has 1 saturated carbocycles. The molecule has 11 nitrogen and oxygen atoms in total. The number of esters is 1. The number of hydrogen-bond donors (Lipinski definition) is 5. The van der Waals surface area contributed by atoms with Crippen molar-refractivity contribution in [2.45, 2.75) is 92.0 Å². The van der Waals surface area contributed by atoms with E-state index in [1.54, 1.807) is 31.2 Å².